The molecule has 22 heavy (non-hydrogen) atoms. The molecule has 0 aliphatic carbocycles. The highest BCUT2D eigenvalue weighted by molar-refractivity contribution is 7.99. The van der Waals surface area contributed by atoms with Gasteiger partial charge in [0.1, 0.15) is 11.5 Å². The van der Waals surface area contributed by atoms with Crippen molar-refractivity contribution in [2.45, 2.75) is 19.8 Å². The van der Waals surface area contributed by atoms with Gasteiger partial charge in [0.15, 0.2) is 0 Å². The molecule has 4 nitrogen and oxygen atoms in total. The van der Waals surface area contributed by atoms with E-state index in [0.717, 1.165) is 36.8 Å². The van der Waals surface area contributed by atoms with Gasteiger partial charge in [-0.25, -0.2) is 0 Å². The van der Waals surface area contributed by atoms with E-state index in [-0.39, 0.29) is 5.91 Å². The van der Waals surface area contributed by atoms with E-state index >= 15 is 0 Å². The van der Waals surface area contributed by atoms with Crippen LogP contribution in [0.5, 0.6) is 11.5 Å². The van der Waals surface area contributed by atoms with Crippen molar-refractivity contribution in [2.24, 2.45) is 5.92 Å². The van der Waals surface area contributed by atoms with Crippen LogP contribution in [0.4, 0.5) is 0 Å². The first-order chi connectivity index (χ1) is 10.7. The van der Waals surface area contributed by atoms with Gasteiger partial charge >= 0.3 is 0 Å². The molecule has 0 spiro atoms. The van der Waals surface area contributed by atoms with Crippen LogP contribution in [0.3, 0.4) is 0 Å². The van der Waals surface area contributed by atoms with Crippen LogP contribution in [0.1, 0.15) is 19.8 Å². The van der Waals surface area contributed by atoms with Crippen LogP contribution in [0.15, 0.2) is 24.3 Å². The van der Waals surface area contributed by atoms with E-state index in [0.29, 0.717) is 18.3 Å². The number of ether oxygens (including phenoxy) is 2. The number of likely N-dealkylation sites (tertiary alicyclic amines) is 1. The van der Waals surface area contributed by atoms with Gasteiger partial charge in [0.2, 0.25) is 5.91 Å². The lowest BCUT2D eigenvalue weighted by molar-refractivity contribution is -0.130. The molecule has 0 bridgehead atoms. The molecule has 0 saturated carbocycles. The van der Waals surface area contributed by atoms with E-state index in [9.17, 15) is 4.79 Å². The van der Waals surface area contributed by atoms with Crippen molar-refractivity contribution in [2.75, 3.05) is 38.3 Å². The van der Waals surface area contributed by atoms with Crippen LogP contribution < -0.4 is 9.47 Å². The standard InChI is InChI=1S/C17H25NO3S/c1-14-4-3-9-18(12-14)17(19)13-22-11-10-21-16-7-5-15(20-2)6-8-16/h5-8,14H,3-4,9-13H2,1-2H3. The van der Waals surface area contributed by atoms with E-state index in [1.165, 1.54) is 6.42 Å². The lowest BCUT2D eigenvalue weighted by atomic mass is 10.0. The van der Waals surface area contributed by atoms with Crippen LogP contribution in [0.25, 0.3) is 0 Å². The Kier molecular flexibility index (Phi) is 6.90. The summed E-state index contributed by atoms with van der Waals surface area (Å²) in [6.45, 7) is 4.67. The zero-order valence-electron chi connectivity index (χ0n) is 13.4. The molecule has 1 saturated heterocycles. The summed E-state index contributed by atoms with van der Waals surface area (Å²) in [4.78, 5) is 14.1. The van der Waals surface area contributed by atoms with Crippen LogP contribution in [-0.4, -0.2) is 49.1 Å². The van der Waals surface area contributed by atoms with Gasteiger partial charge in [-0.05, 0) is 43.0 Å². The molecule has 1 amide bonds. The number of thioether (sulfide) groups is 1. The number of hydrogen-bond donors (Lipinski definition) is 0. The summed E-state index contributed by atoms with van der Waals surface area (Å²) in [5.41, 5.74) is 0. The SMILES string of the molecule is COc1ccc(OCCSCC(=O)N2CCCC(C)C2)cc1. The number of amides is 1. The Morgan fingerprint density at radius 1 is 1.32 bits per heavy atom. The second-order valence-electron chi connectivity index (χ2n) is 5.66. The molecule has 5 heteroatoms. The van der Waals surface area contributed by atoms with Gasteiger partial charge < -0.3 is 14.4 Å². The van der Waals surface area contributed by atoms with Gasteiger partial charge in [0.25, 0.3) is 0 Å². The second kappa shape index (κ2) is 8.93. The van der Waals surface area contributed by atoms with Gasteiger partial charge in [0.05, 0.1) is 19.5 Å². The van der Waals surface area contributed by atoms with E-state index in [1.54, 1.807) is 18.9 Å². The number of hydrogen-bond acceptors (Lipinski definition) is 4. The molecule has 2 rings (SSSR count). The van der Waals surface area contributed by atoms with E-state index in [1.807, 2.05) is 29.2 Å². The van der Waals surface area contributed by atoms with Crippen LogP contribution in [-0.2, 0) is 4.79 Å². The van der Waals surface area contributed by atoms with Crippen molar-refractivity contribution in [1.82, 2.24) is 4.90 Å². The summed E-state index contributed by atoms with van der Waals surface area (Å²) in [7, 11) is 1.65. The first-order valence-corrected chi connectivity index (χ1v) is 8.97. The van der Waals surface area contributed by atoms with Crippen molar-refractivity contribution in [3.63, 3.8) is 0 Å². The van der Waals surface area contributed by atoms with Gasteiger partial charge in [-0.1, -0.05) is 6.92 Å². The summed E-state index contributed by atoms with van der Waals surface area (Å²) < 4.78 is 10.8. The van der Waals surface area contributed by atoms with E-state index in [2.05, 4.69) is 6.92 Å². The Labute approximate surface area is 137 Å². The molecular formula is C17H25NO3S. The van der Waals surface area contributed by atoms with Crippen LogP contribution in [0, 0.1) is 5.92 Å². The number of carbonyl (C=O) groups excluding carboxylic acids is 1. The monoisotopic (exact) mass is 323 g/mol. The largest absolute Gasteiger partial charge is 0.497 e. The zero-order chi connectivity index (χ0) is 15.8. The van der Waals surface area contributed by atoms with Crippen molar-refractivity contribution in [1.29, 1.82) is 0 Å². The van der Waals surface area contributed by atoms with Crippen LogP contribution >= 0.6 is 11.8 Å². The minimum absolute atomic E-state index is 0.265. The third kappa shape index (κ3) is 5.44. The molecule has 0 aromatic heterocycles. The van der Waals surface area contributed by atoms with Crippen molar-refractivity contribution < 1.29 is 14.3 Å². The van der Waals surface area contributed by atoms with Gasteiger partial charge in [-0.15, -0.1) is 11.8 Å². The zero-order valence-corrected chi connectivity index (χ0v) is 14.2. The molecular weight excluding hydrogens is 298 g/mol. The summed E-state index contributed by atoms with van der Waals surface area (Å²) in [5.74, 6) is 3.93. The Balaban J connectivity index is 1.59. The molecule has 1 aliphatic rings. The highest BCUT2D eigenvalue weighted by Crippen LogP contribution is 2.18. The second-order valence-corrected chi connectivity index (χ2v) is 6.77. The van der Waals surface area contributed by atoms with Gasteiger partial charge in [-0.3, -0.25) is 4.79 Å². The predicted octanol–water partition coefficient (Wildman–Crippen LogP) is 3.07. The van der Waals surface area contributed by atoms with E-state index < -0.39 is 0 Å². The molecule has 0 radical (unpaired) electrons. The molecule has 122 valence electrons. The normalized spacial score (nSPS) is 18.1. The Bertz CT molecular complexity index is 463. The molecule has 1 fully saturated rings. The Hall–Kier alpha value is -1.36. The predicted molar refractivity (Wildman–Crippen MR) is 90.8 cm³/mol. The number of rotatable bonds is 7. The number of benzene rings is 1. The summed E-state index contributed by atoms with van der Waals surface area (Å²) in [6, 6.07) is 7.54. The van der Waals surface area contributed by atoms with Crippen LogP contribution in [0.2, 0.25) is 0 Å². The maximum absolute atomic E-state index is 12.1. The third-order valence-corrected chi connectivity index (χ3v) is 4.70. The highest BCUT2D eigenvalue weighted by Gasteiger charge is 2.20. The van der Waals surface area contributed by atoms with Crippen molar-refractivity contribution >= 4 is 17.7 Å². The molecule has 1 heterocycles. The fourth-order valence-corrected chi connectivity index (χ4v) is 3.26. The lowest BCUT2D eigenvalue weighted by Gasteiger charge is -2.30. The maximum atomic E-state index is 12.1. The fraction of sp³-hybridized carbons (Fsp3) is 0.588. The van der Waals surface area contributed by atoms with Crippen molar-refractivity contribution in [3.8, 4) is 11.5 Å². The molecule has 1 atom stereocenters. The molecule has 0 N–H and O–H groups in total. The number of piperidine rings is 1. The number of nitrogens with zero attached hydrogens (tertiary/aromatic N) is 1. The summed E-state index contributed by atoms with van der Waals surface area (Å²) in [5, 5.41) is 0. The van der Waals surface area contributed by atoms with Gasteiger partial charge in [-0.2, -0.15) is 0 Å². The average Bonchev–Trinajstić information content (AvgIpc) is 2.55. The summed E-state index contributed by atoms with van der Waals surface area (Å²) >= 11 is 1.64. The third-order valence-electron chi connectivity index (χ3n) is 3.79. The van der Waals surface area contributed by atoms with E-state index in [4.69, 9.17) is 9.47 Å². The van der Waals surface area contributed by atoms with Crippen molar-refractivity contribution in [3.05, 3.63) is 24.3 Å². The molecule has 1 aromatic carbocycles. The maximum Gasteiger partial charge on any atom is 0.232 e. The topological polar surface area (TPSA) is 38.8 Å². The first-order valence-electron chi connectivity index (χ1n) is 7.81. The number of carbonyl (C=O) groups is 1. The first kappa shape index (κ1) is 17.0. The quantitative estimate of drug-likeness (QED) is 0.723. The molecule has 1 aromatic rings. The highest BCUT2D eigenvalue weighted by atomic mass is 32.2. The smallest absolute Gasteiger partial charge is 0.232 e. The molecule has 1 unspecified atom stereocenters. The van der Waals surface area contributed by atoms with Gasteiger partial charge in [0, 0.05) is 18.8 Å². The lowest BCUT2D eigenvalue weighted by Crippen LogP contribution is -2.40. The Morgan fingerprint density at radius 3 is 2.73 bits per heavy atom. The molecule has 1 aliphatic heterocycles. The minimum atomic E-state index is 0.265. The number of methoxy groups -OCH3 is 1. The average molecular weight is 323 g/mol. The summed E-state index contributed by atoms with van der Waals surface area (Å²) in [6.07, 6.45) is 2.38. The Morgan fingerprint density at radius 2 is 2.05 bits per heavy atom. The fourth-order valence-electron chi connectivity index (χ4n) is 2.56. The minimum Gasteiger partial charge on any atom is -0.497 e.